The molecule has 0 amide bonds. The third kappa shape index (κ3) is 3.06. The number of hydrogen-bond donors (Lipinski definition) is 1. The van der Waals surface area contributed by atoms with Crippen LogP contribution in [0.25, 0.3) is 0 Å². The fourth-order valence-electron chi connectivity index (χ4n) is 2.33. The number of carbonyl (C=O) groups is 1. The van der Waals surface area contributed by atoms with Gasteiger partial charge in [0, 0.05) is 13.1 Å². The number of carboxylic acids is 1. The van der Waals surface area contributed by atoms with Crippen LogP contribution in [0.15, 0.2) is 0 Å². The van der Waals surface area contributed by atoms with Gasteiger partial charge in [0.05, 0.1) is 17.9 Å². The minimum absolute atomic E-state index is 0.118. The van der Waals surface area contributed by atoms with Crippen molar-refractivity contribution in [1.82, 2.24) is 4.98 Å². The lowest BCUT2D eigenvalue weighted by Gasteiger charge is -2.35. The monoisotopic (exact) mass is 284 g/mol. The molecule has 0 aliphatic carbocycles. The molecule has 106 valence electrons. The summed E-state index contributed by atoms with van der Waals surface area (Å²) < 4.78 is 5.69. The van der Waals surface area contributed by atoms with Crippen LogP contribution >= 0.6 is 11.3 Å². The van der Waals surface area contributed by atoms with E-state index in [9.17, 15) is 9.90 Å². The lowest BCUT2D eigenvalue weighted by molar-refractivity contribution is -0.00523. The molecule has 0 bridgehead atoms. The van der Waals surface area contributed by atoms with Gasteiger partial charge in [0.1, 0.15) is 4.88 Å². The van der Waals surface area contributed by atoms with Crippen molar-refractivity contribution in [3.8, 4) is 0 Å². The fourth-order valence-corrected chi connectivity index (χ4v) is 3.41. The van der Waals surface area contributed by atoms with Gasteiger partial charge < -0.3 is 14.7 Å². The molecule has 0 saturated carbocycles. The highest BCUT2D eigenvalue weighted by Gasteiger charge is 2.27. The normalized spacial score (nSPS) is 23.9. The van der Waals surface area contributed by atoms with Crippen LogP contribution in [0.1, 0.15) is 49.0 Å². The Morgan fingerprint density at radius 2 is 2.00 bits per heavy atom. The number of aromatic carboxylic acids is 1. The van der Waals surface area contributed by atoms with Crippen LogP contribution in [0.5, 0.6) is 0 Å². The second kappa shape index (κ2) is 5.46. The predicted molar refractivity (Wildman–Crippen MR) is 75.4 cm³/mol. The van der Waals surface area contributed by atoms with E-state index in [-0.39, 0.29) is 18.1 Å². The van der Waals surface area contributed by atoms with Crippen molar-refractivity contribution in [3.05, 3.63) is 10.6 Å². The van der Waals surface area contributed by atoms with E-state index in [1.54, 1.807) is 0 Å². The van der Waals surface area contributed by atoms with Crippen molar-refractivity contribution in [3.63, 3.8) is 0 Å². The average Bonchev–Trinajstić information content (AvgIpc) is 2.72. The Kier molecular flexibility index (Phi) is 4.10. The molecule has 1 saturated heterocycles. The van der Waals surface area contributed by atoms with E-state index >= 15 is 0 Å². The maximum atomic E-state index is 11.3. The zero-order chi connectivity index (χ0) is 14.2. The SMILES string of the molecule is CC(C)c1nc(N2C[C@@H](C)O[C@@H](C)C2)sc1C(=O)O. The summed E-state index contributed by atoms with van der Waals surface area (Å²) >= 11 is 1.27. The molecule has 19 heavy (non-hydrogen) atoms. The summed E-state index contributed by atoms with van der Waals surface area (Å²) in [4.78, 5) is 18.3. The average molecular weight is 284 g/mol. The highest BCUT2D eigenvalue weighted by Crippen LogP contribution is 2.32. The Bertz CT molecular complexity index is 462. The van der Waals surface area contributed by atoms with Crippen LogP contribution < -0.4 is 4.90 Å². The maximum absolute atomic E-state index is 11.3. The van der Waals surface area contributed by atoms with Crippen molar-refractivity contribution in [2.75, 3.05) is 18.0 Å². The molecule has 6 heteroatoms. The minimum atomic E-state index is -0.887. The van der Waals surface area contributed by atoms with Crippen molar-refractivity contribution in [2.24, 2.45) is 0 Å². The Morgan fingerprint density at radius 3 is 2.42 bits per heavy atom. The summed E-state index contributed by atoms with van der Waals surface area (Å²) in [5, 5.41) is 10.1. The molecule has 0 radical (unpaired) electrons. The van der Waals surface area contributed by atoms with E-state index in [0.717, 1.165) is 18.2 Å². The molecular formula is C13H20N2O3S. The van der Waals surface area contributed by atoms with Crippen LogP contribution in [-0.2, 0) is 4.74 Å². The Labute approximate surface area is 117 Å². The molecule has 1 aliphatic rings. The van der Waals surface area contributed by atoms with Crippen molar-refractivity contribution in [1.29, 1.82) is 0 Å². The summed E-state index contributed by atoms with van der Waals surface area (Å²) in [5.41, 5.74) is 0.680. The van der Waals surface area contributed by atoms with Gasteiger partial charge in [-0.05, 0) is 19.8 Å². The van der Waals surface area contributed by atoms with E-state index in [4.69, 9.17) is 4.74 Å². The van der Waals surface area contributed by atoms with Gasteiger partial charge in [-0.25, -0.2) is 9.78 Å². The number of hydrogen-bond acceptors (Lipinski definition) is 5. The lowest BCUT2D eigenvalue weighted by Crippen LogP contribution is -2.45. The van der Waals surface area contributed by atoms with E-state index in [1.165, 1.54) is 11.3 Å². The molecule has 1 N–H and O–H groups in total. The molecule has 2 heterocycles. The molecule has 1 fully saturated rings. The highest BCUT2D eigenvalue weighted by molar-refractivity contribution is 7.17. The lowest BCUT2D eigenvalue weighted by atomic mass is 10.1. The van der Waals surface area contributed by atoms with Gasteiger partial charge in [0.2, 0.25) is 0 Å². The third-order valence-electron chi connectivity index (χ3n) is 3.07. The summed E-state index contributed by atoms with van der Waals surface area (Å²) in [7, 11) is 0. The Balaban J connectivity index is 2.30. The van der Waals surface area contributed by atoms with Gasteiger partial charge in [-0.15, -0.1) is 0 Å². The molecular weight excluding hydrogens is 264 g/mol. The summed E-state index contributed by atoms with van der Waals surface area (Å²) in [6.07, 6.45) is 0.284. The fraction of sp³-hybridized carbons (Fsp3) is 0.692. The van der Waals surface area contributed by atoms with Crippen molar-refractivity contribution >= 4 is 22.4 Å². The van der Waals surface area contributed by atoms with E-state index in [0.29, 0.717) is 10.6 Å². The molecule has 1 aromatic heterocycles. The summed E-state index contributed by atoms with van der Waals surface area (Å²) in [6.45, 7) is 9.50. The van der Waals surface area contributed by atoms with E-state index in [1.807, 2.05) is 27.7 Å². The largest absolute Gasteiger partial charge is 0.477 e. The van der Waals surface area contributed by atoms with Gasteiger partial charge in [0.25, 0.3) is 0 Å². The van der Waals surface area contributed by atoms with E-state index in [2.05, 4.69) is 9.88 Å². The first-order valence-corrected chi connectivity index (χ1v) is 7.34. The van der Waals surface area contributed by atoms with Gasteiger partial charge in [-0.1, -0.05) is 25.2 Å². The Morgan fingerprint density at radius 1 is 1.42 bits per heavy atom. The molecule has 0 unspecified atom stereocenters. The number of ether oxygens (including phenoxy) is 1. The molecule has 1 aliphatic heterocycles. The molecule has 1 aromatic rings. The minimum Gasteiger partial charge on any atom is -0.477 e. The van der Waals surface area contributed by atoms with Gasteiger partial charge in [-0.2, -0.15) is 0 Å². The zero-order valence-corrected chi connectivity index (χ0v) is 12.5. The van der Waals surface area contributed by atoms with Gasteiger partial charge >= 0.3 is 5.97 Å². The molecule has 0 spiro atoms. The van der Waals surface area contributed by atoms with Crippen LogP contribution in [0, 0.1) is 0 Å². The van der Waals surface area contributed by atoms with Crippen molar-refractivity contribution in [2.45, 2.75) is 45.8 Å². The summed E-state index contributed by atoms with van der Waals surface area (Å²) in [5.74, 6) is -0.770. The Hall–Kier alpha value is -1.14. The predicted octanol–water partition coefficient (Wildman–Crippen LogP) is 2.58. The van der Waals surface area contributed by atoms with Gasteiger partial charge in [-0.3, -0.25) is 0 Å². The van der Waals surface area contributed by atoms with Crippen LogP contribution in [-0.4, -0.2) is 41.4 Å². The topological polar surface area (TPSA) is 62.7 Å². The smallest absolute Gasteiger partial charge is 0.347 e. The number of aromatic nitrogens is 1. The number of nitrogens with zero attached hydrogens (tertiary/aromatic N) is 2. The standard InChI is InChI=1S/C13H20N2O3S/c1-7(2)10-11(12(16)17)19-13(14-10)15-5-8(3)18-9(4)6-15/h7-9H,5-6H2,1-4H3,(H,16,17)/t8-,9+. The maximum Gasteiger partial charge on any atom is 0.347 e. The molecule has 0 aromatic carbocycles. The number of morpholine rings is 1. The molecule has 2 atom stereocenters. The van der Waals surface area contributed by atoms with Gasteiger partial charge in [0.15, 0.2) is 5.13 Å². The number of rotatable bonds is 3. The van der Waals surface area contributed by atoms with Crippen LogP contribution in [0.2, 0.25) is 0 Å². The number of anilines is 1. The first-order valence-electron chi connectivity index (χ1n) is 6.53. The first-order chi connectivity index (χ1) is 8.88. The zero-order valence-electron chi connectivity index (χ0n) is 11.7. The van der Waals surface area contributed by atoms with Crippen molar-refractivity contribution < 1.29 is 14.6 Å². The molecule has 2 rings (SSSR count). The second-order valence-electron chi connectivity index (χ2n) is 5.33. The van der Waals surface area contributed by atoms with Crippen LogP contribution in [0.4, 0.5) is 5.13 Å². The second-order valence-corrected chi connectivity index (χ2v) is 6.31. The number of thiazole rings is 1. The van der Waals surface area contributed by atoms with Crippen LogP contribution in [0.3, 0.4) is 0 Å². The summed E-state index contributed by atoms with van der Waals surface area (Å²) in [6, 6.07) is 0. The first kappa shape index (κ1) is 14.3. The third-order valence-corrected chi connectivity index (χ3v) is 4.19. The van der Waals surface area contributed by atoms with E-state index < -0.39 is 5.97 Å². The molecule has 5 nitrogen and oxygen atoms in total. The number of carboxylic acid groups (broad SMARTS) is 1. The quantitative estimate of drug-likeness (QED) is 0.924. The highest BCUT2D eigenvalue weighted by atomic mass is 32.1.